The Kier molecular flexibility index (Phi) is 6.22. The van der Waals surface area contributed by atoms with Gasteiger partial charge < -0.3 is 15.4 Å². The second-order valence-electron chi connectivity index (χ2n) is 7.59. The van der Waals surface area contributed by atoms with E-state index in [4.69, 9.17) is 4.74 Å². The lowest BCUT2D eigenvalue weighted by Crippen LogP contribution is -2.38. The summed E-state index contributed by atoms with van der Waals surface area (Å²) in [6.07, 6.45) is 3.21. The van der Waals surface area contributed by atoms with Gasteiger partial charge in [-0.05, 0) is 42.0 Å². The van der Waals surface area contributed by atoms with Crippen LogP contribution in [0.25, 0.3) is 16.8 Å². The molecule has 4 rings (SSSR count). The van der Waals surface area contributed by atoms with Gasteiger partial charge in [-0.1, -0.05) is 60.7 Å². The molecule has 3 aromatic rings. The highest BCUT2D eigenvalue weighted by Gasteiger charge is 2.35. The van der Waals surface area contributed by atoms with Gasteiger partial charge in [0.1, 0.15) is 24.6 Å². The molecule has 0 saturated carbocycles. The minimum absolute atomic E-state index is 0.0722. The van der Waals surface area contributed by atoms with Crippen LogP contribution >= 0.6 is 0 Å². The van der Waals surface area contributed by atoms with Crippen LogP contribution in [0.1, 0.15) is 11.1 Å². The first-order chi connectivity index (χ1) is 16.0. The van der Waals surface area contributed by atoms with Crippen LogP contribution in [0.2, 0.25) is 0 Å². The van der Waals surface area contributed by atoms with E-state index in [1.54, 1.807) is 24.3 Å². The van der Waals surface area contributed by atoms with E-state index in [9.17, 15) is 14.4 Å². The highest BCUT2D eigenvalue weighted by molar-refractivity contribution is 6.16. The highest BCUT2D eigenvalue weighted by Crippen LogP contribution is 2.31. The molecule has 0 radical (unpaired) electrons. The molecule has 7 heteroatoms. The number of benzene rings is 3. The Hall–Kier alpha value is -4.39. The number of nitrogens with one attached hydrogen (secondary N) is 2. The van der Waals surface area contributed by atoms with E-state index in [1.165, 1.54) is 0 Å². The van der Waals surface area contributed by atoms with E-state index in [0.29, 0.717) is 23.6 Å². The predicted molar refractivity (Wildman–Crippen MR) is 128 cm³/mol. The standard InChI is InChI=1S/C26H23N3O4/c1-3-14-33-23-13-10-18-6-4-5-7-20(18)21(23)15-22-25(31)29(26(32)28-22)16-24(30)27-19-11-8-17(2)9-12-19/h3-13,15H,1,14,16H2,2H3,(H,27,30)(H,28,32)/b22-15-. The first-order valence-electron chi connectivity index (χ1n) is 10.4. The van der Waals surface area contributed by atoms with E-state index < -0.39 is 24.4 Å². The maximum Gasteiger partial charge on any atom is 0.329 e. The fourth-order valence-electron chi connectivity index (χ4n) is 3.54. The summed E-state index contributed by atoms with van der Waals surface area (Å²) in [6, 6.07) is 18.0. The van der Waals surface area contributed by atoms with E-state index in [2.05, 4.69) is 17.2 Å². The molecule has 1 aliphatic heterocycles. The Labute approximate surface area is 191 Å². The molecule has 7 nitrogen and oxygen atoms in total. The zero-order valence-corrected chi connectivity index (χ0v) is 18.1. The Balaban J connectivity index is 1.58. The SMILES string of the molecule is C=CCOc1ccc2ccccc2c1/C=C1\NC(=O)N(CC(=O)Nc2ccc(C)cc2)C1=O. The van der Waals surface area contributed by atoms with Gasteiger partial charge in [-0.2, -0.15) is 0 Å². The molecule has 1 fully saturated rings. The number of aryl methyl sites for hydroxylation is 1. The Morgan fingerprint density at radius 3 is 2.61 bits per heavy atom. The van der Waals surface area contributed by atoms with Crippen LogP contribution in [-0.2, 0) is 9.59 Å². The number of ether oxygens (including phenoxy) is 1. The minimum Gasteiger partial charge on any atom is -0.489 e. The third kappa shape index (κ3) is 4.77. The maximum atomic E-state index is 13.0. The predicted octanol–water partition coefficient (Wildman–Crippen LogP) is 4.24. The zero-order valence-electron chi connectivity index (χ0n) is 18.1. The molecule has 0 bridgehead atoms. The van der Waals surface area contributed by atoms with E-state index >= 15 is 0 Å². The van der Waals surface area contributed by atoms with Gasteiger partial charge in [0, 0.05) is 11.3 Å². The van der Waals surface area contributed by atoms with Crippen molar-refractivity contribution in [3.63, 3.8) is 0 Å². The molecule has 3 aromatic carbocycles. The zero-order chi connectivity index (χ0) is 23.4. The summed E-state index contributed by atoms with van der Waals surface area (Å²) in [7, 11) is 0. The van der Waals surface area contributed by atoms with Gasteiger partial charge in [0.25, 0.3) is 5.91 Å². The van der Waals surface area contributed by atoms with E-state index in [-0.39, 0.29) is 5.70 Å². The molecule has 4 amide bonds. The molecule has 1 heterocycles. The molecule has 0 aliphatic carbocycles. The van der Waals surface area contributed by atoms with Crippen molar-refractivity contribution in [2.24, 2.45) is 0 Å². The molecule has 0 atom stereocenters. The van der Waals surface area contributed by atoms with Gasteiger partial charge in [-0.15, -0.1) is 0 Å². The van der Waals surface area contributed by atoms with Crippen molar-refractivity contribution >= 4 is 40.4 Å². The second-order valence-corrected chi connectivity index (χ2v) is 7.59. The normalized spacial score (nSPS) is 14.5. The molecule has 33 heavy (non-hydrogen) atoms. The van der Waals surface area contributed by atoms with E-state index in [1.807, 2.05) is 55.5 Å². The van der Waals surface area contributed by atoms with Gasteiger partial charge in [0.15, 0.2) is 0 Å². The Morgan fingerprint density at radius 1 is 1.09 bits per heavy atom. The average Bonchev–Trinajstić information content (AvgIpc) is 3.07. The summed E-state index contributed by atoms with van der Waals surface area (Å²) in [5, 5.41) is 7.09. The Bertz CT molecular complexity index is 1280. The third-order valence-electron chi connectivity index (χ3n) is 5.18. The van der Waals surface area contributed by atoms with Crippen LogP contribution in [0.3, 0.4) is 0 Å². The van der Waals surface area contributed by atoms with Crippen molar-refractivity contribution in [1.82, 2.24) is 10.2 Å². The molecular formula is C26H23N3O4. The molecule has 0 aromatic heterocycles. The number of nitrogens with zero attached hydrogens (tertiary/aromatic N) is 1. The minimum atomic E-state index is -0.654. The van der Waals surface area contributed by atoms with Crippen molar-refractivity contribution in [2.45, 2.75) is 6.92 Å². The fourth-order valence-corrected chi connectivity index (χ4v) is 3.54. The molecule has 166 valence electrons. The third-order valence-corrected chi connectivity index (χ3v) is 5.18. The number of carbonyl (C=O) groups excluding carboxylic acids is 3. The number of rotatable bonds is 7. The summed E-state index contributed by atoms with van der Waals surface area (Å²) in [5.74, 6) is -0.496. The summed E-state index contributed by atoms with van der Waals surface area (Å²) < 4.78 is 5.77. The smallest absolute Gasteiger partial charge is 0.329 e. The van der Waals surface area contributed by atoms with Crippen molar-refractivity contribution in [2.75, 3.05) is 18.5 Å². The lowest BCUT2D eigenvalue weighted by molar-refractivity contribution is -0.127. The molecule has 1 aliphatic rings. The lowest BCUT2D eigenvalue weighted by Gasteiger charge is -2.12. The van der Waals surface area contributed by atoms with Crippen LogP contribution in [0, 0.1) is 6.92 Å². The maximum absolute atomic E-state index is 13.0. The number of hydrogen-bond acceptors (Lipinski definition) is 4. The summed E-state index contributed by atoms with van der Waals surface area (Å²) in [4.78, 5) is 38.7. The lowest BCUT2D eigenvalue weighted by atomic mass is 10.0. The van der Waals surface area contributed by atoms with E-state index in [0.717, 1.165) is 21.2 Å². The van der Waals surface area contributed by atoms with Crippen LogP contribution in [0.5, 0.6) is 5.75 Å². The van der Waals surface area contributed by atoms with Gasteiger partial charge in [0.05, 0.1) is 0 Å². The van der Waals surface area contributed by atoms with Crippen molar-refractivity contribution < 1.29 is 19.1 Å². The number of imide groups is 1. The topological polar surface area (TPSA) is 87.7 Å². The summed E-state index contributed by atoms with van der Waals surface area (Å²) in [6.45, 7) is 5.50. The summed E-state index contributed by atoms with van der Waals surface area (Å²) >= 11 is 0. The number of amides is 4. The fraction of sp³-hybridized carbons (Fsp3) is 0.115. The van der Waals surface area contributed by atoms with Crippen LogP contribution in [-0.4, -0.2) is 35.9 Å². The average molecular weight is 441 g/mol. The van der Waals surface area contributed by atoms with Crippen LogP contribution in [0.15, 0.2) is 79.0 Å². The highest BCUT2D eigenvalue weighted by atomic mass is 16.5. The van der Waals surface area contributed by atoms with Crippen molar-refractivity contribution in [1.29, 1.82) is 0 Å². The molecule has 0 spiro atoms. The largest absolute Gasteiger partial charge is 0.489 e. The molecule has 2 N–H and O–H groups in total. The summed E-state index contributed by atoms with van der Waals surface area (Å²) in [5.41, 5.74) is 2.38. The first kappa shape index (κ1) is 21.8. The number of fused-ring (bicyclic) bond motifs is 1. The van der Waals surface area contributed by atoms with Crippen LogP contribution in [0.4, 0.5) is 10.5 Å². The number of carbonyl (C=O) groups is 3. The number of urea groups is 1. The first-order valence-corrected chi connectivity index (χ1v) is 10.4. The number of anilines is 1. The number of hydrogen-bond donors (Lipinski definition) is 2. The van der Waals surface area contributed by atoms with Gasteiger partial charge in [0.2, 0.25) is 5.91 Å². The second kappa shape index (κ2) is 9.40. The molecule has 0 unspecified atom stereocenters. The van der Waals surface area contributed by atoms with Crippen LogP contribution < -0.4 is 15.4 Å². The van der Waals surface area contributed by atoms with Crippen molar-refractivity contribution in [3.8, 4) is 5.75 Å². The Morgan fingerprint density at radius 2 is 1.85 bits per heavy atom. The monoisotopic (exact) mass is 441 g/mol. The van der Waals surface area contributed by atoms with Gasteiger partial charge in [-0.3, -0.25) is 9.59 Å². The van der Waals surface area contributed by atoms with Gasteiger partial charge >= 0.3 is 6.03 Å². The molecular weight excluding hydrogens is 418 g/mol. The van der Waals surface area contributed by atoms with Crippen molar-refractivity contribution in [3.05, 3.63) is 90.1 Å². The van der Waals surface area contributed by atoms with Gasteiger partial charge in [-0.25, -0.2) is 9.69 Å². The molecule has 1 saturated heterocycles. The quantitative estimate of drug-likeness (QED) is 0.326.